The van der Waals surface area contributed by atoms with Crippen molar-refractivity contribution in [1.29, 1.82) is 0 Å². The predicted molar refractivity (Wildman–Crippen MR) is 161 cm³/mol. The molecule has 1 saturated heterocycles. The maximum atomic E-state index is 15.4. The van der Waals surface area contributed by atoms with Gasteiger partial charge in [0.25, 0.3) is 0 Å². The van der Waals surface area contributed by atoms with Crippen molar-refractivity contribution in [2.45, 2.75) is 84.7 Å². The van der Waals surface area contributed by atoms with Gasteiger partial charge in [0.2, 0.25) is 11.8 Å². The van der Waals surface area contributed by atoms with Gasteiger partial charge in [0.05, 0.1) is 22.3 Å². The van der Waals surface area contributed by atoms with Gasteiger partial charge in [-0.25, -0.2) is 0 Å². The highest BCUT2D eigenvalue weighted by Crippen LogP contribution is 2.87. The van der Waals surface area contributed by atoms with Crippen LogP contribution in [0.15, 0.2) is 34.9 Å². The number of Topliss-reactive ketones (excluding diaryl/α,β-unsaturated/α-hetero) is 3. The molecule has 4 aliphatic carbocycles. The summed E-state index contributed by atoms with van der Waals surface area (Å²) in [5, 5.41) is 23.8. The maximum Gasteiger partial charge on any atom is 0.306 e. The minimum atomic E-state index is -2.52. The second-order valence-corrected chi connectivity index (χ2v) is 13.9. The first kappa shape index (κ1) is 33.1. The Morgan fingerprint density at radius 1 is 1.00 bits per heavy atom. The lowest BCUT2D eigenvalue weighted by Crippen LogP contribution is -2.54. The number of ketones is 4. The monoisotopic (exact) mass is 641 g/mol. The molecule has 3 N–H and O–H groups in total. The fraction of sp³-hybridized carbons (Fsp3) is 0.618. The van der Waals surface area contributed by atoms with Crippen LogP contribution in [-0.2, 0) is 33.6 Å². The van der Waals surface area contributed by atoms with Crippen molar-refractivity contribution in [2.24, 2.45) is 45.8 Å². The molecular formula is C34H40ClNO9. The lowest BCUT2D eigenvalue weighted by Gasteiger charge is -2.39. The third-order valence-electron chi connectivity index (χ3n) is 11.5. The van der Waals surface area contributed by atoms with Crippen molar-refractivity contribution >= 4 is 52.5 Å². The van der Waals surface area contributed by atoms with E-state index in [-0.39, 0.29) is 31.3 Å². The van der Waals surface area contributed by atoms with Crippen molar-refractivity contribution < 1.29 is 43.8 Å². The number of carboxylic acid groups (broad SMARTS) is 1. The van der Waals surface area contributed by atoms with Crippen LogP contribution in [0.5, 0.6) is 0 Å². The number of nitrogens with one attached hydrogen (secondary N) is 1. The van der Waals surface area contributed by atoms with E-state index in [9.17, 15) is 39.0 Å². The normalized spacial score (nSPS) is 40.5. The van der Waals surface area contributed by atoms with E-state index in [0.29, 0.717) is 12.8 Å². The van der Waals surface area contributed by atoms with E-state index in [1.54, 1.807) is 20.8 Å². The Hall–Kier alpha value is -3.24. The highest BCUT2D eigenvalue weighted by molar-refractivity contribution is 6.56. The maximum absolute atomic E-state index is 15.4. The van der Waals surface area contributed by atoms with Gasteiger partial charge in [-0.2, -0.15) is 0 Å². The number of imide groups is 1. The quantitative estimate of drug-likeness (QED) is 0.132. The number of hydrogen-bond donors (Lipinski definition) is 3. The largest absolute Gasteiger partial charge is 0.481 e. The molecule has 1 heterocycles. The van der Waals surface area contributed by atoms with E-state index in [0.717, 1.165) is 18.9 Å². The minimum absolute atomic E-state index is 0.0989. The van der Waals surface area contributed by atoms with Crippen molar-refractivity contribution in [1.82, 2.24) is 5.32 Å². The molecule has 0 unspecified atom stereocenters. The molecular weight excluding hydrogens is 602 g/mol. The molecule has 3 saturated carbocycles. The average Bonchev–Trinajstić information content (AvgIpc) is 3.19. The topological polar surface area (TPSA) is 172 Å². The molecule has 1 aliphatic heterocycles. The SMILES string of the molecule is C/C=C\C(=O)[C@@]1(O)C[C@@H]2C[C@H](C(=O)O)C[C@H](C)[C@H]2[C@@H]1C(=O)[C@]12C(=O)NC(=O)[C@]1(CCCCCC)[C@@]21C(=O)C(Cl)=C(/C=C/C)C1=O. The summed E-state index contributed by atoms with van der Waals surface area (Å²) in [5.74, 6) is -10.8. The molecule has 4 fully saturated rings. The standard InChI is InChI=1S/C34H40ClNO9/c1-5-8-9-10-13-32-29(43)36-30(44)34(32,33(32)25(38)20(11-6-2)24(35)27(33)40)26(39)23-22-17(4)14-18(28(41)42)15-19(22)16-31(23,45)21(37)12-7-3/h6-7,11-12,17-19,22-23,45H,5,8-10,13-16H2,1-4H3,(H,41,42)(H,36,43,44)/b11-6+,12-7-/t17-,18+,19-,22+,23+,31-,32+,33+,34-/m0/s1. The summed E-state index contributed by atoms with van der Waals surface area (Å²) in [4.78, 5) is 97.7. The lowest BCUT2D eigenvalue weighted by molar-refractivity contribution is -0.155. The number of aliphatic carboxylic acids is 1. The molecule has 0 aromatic rings. The van der Waals surface area contributed by atoms with Gasteiger partial charge < -0.3 is 10.2 Å². The molecule has 2 amide bonds. The summed E-state index contributed by atoms with van der Waals surface area (Å²) in [6.07, 6.45) is 7.80. The lowest BCUT2D eigenvalue weighted by atomic mass is 9.63. The van der Waals surface area contributed by atoms with Gasteiger partial charge in [-0.15, -0.1) is 0 Å². The fourth-order valence-electron chi connectivity index (χ4n) is 9.91. The second-order valence-electron chi connectivity index (χ2n) is 13.5. The number of halogens is 1. The van der Waals surface area contributed by atoms with Gasteiger partial charge in [-0.3, -0.25) is 38.9 Å². The van der Waals surface area contributed by atoms with Gasteiger partial charge in [0.15, 0.2) is 23.1 Å². The third-order valence-corrected chi connectivity index (χ3v) is 11.9. The molecule has 10 nitrogen and oxygen atoms in total. The molecule has 1 spiro atoms. The van der Waals surface area contributed by atoms with Gasteiger partial charge in [0, 0.05) is 5.57 Å². The number of carboxylic acids is 1. The Labute approximate surface area is 266 Å². The molecule has 45 heavy (non-hydrogen) atoms. The first-order valence-corrected chi connectivity index (χ1v) is 16.2. The molecule has 9 atom stereocenters. The van der Waals surface area contributed by atoms with Crippen LogP contribution < -0.4 is 5.32 Å². The fourth-order valence-corrected chi connectivity index (χ4v) is 10.2. The molecule has 11 heteroatoms. The number of aliphatic hydroxyl groups is 1. The van der Waals surface area contributed by atoms with Crippen molar-refractivity contribution in [3.05, 3.63) is 34.9 Å². The summed E-state index contributed by atoms with van der Waals surface area (Å²) in [5.41, 5.74) is -9.58. The van der Waals surface area contributed by atoms with Crippen molar-refractivity contribution in [3.63, 3.8) is 0 Å². The molecule has 242 valence electrons. The number of amides is 2. The van der Waals surface area contributed by atoms with Crippen molar-refractivity contribution in [2.75, 3.05) is 0 Å². The van der Waals surface area contributed by atoms with Crippen LogP contribution in [0.2, 0.25) is 0 Å². The number of fused-ring (bicyclic) bond motifs is 4. The number of allylic oxidation sites excluding steroid dienone is 5. The number of unbranched alkanes of at least 4 members (excludes halogenated alkanes) is 3. The molecule has 0 radical (unpaired) electrons. The van der Waals surface area contributed by atoms with Gasteiger partial charge in [0.1, 0.15) is 16.4 Å². The number of rotatable bonds is 11. The third kappa shape index (κ3) is 3.87. The van der Waals surface area contributed by atoms with Gasteiger partial charge >= 0.3 is 5.97 Å². The Morgan fingerprint density at radius 2 is 1.69 bits per heavy atom. The predicted octanol–water partition coefficient (Wildman–Crippen LogP) is 3.64. The van der Waals surface area contributed by atoms with E-state index in [4.69, 9.17) is 11.6 Å². The first-order valence-electron chi connectivity index (χ1n) is 15.9. The molecule has 0 aromatic heterocycles. The number of carbonyl (C=O) groups excluding carboxylic acids is 6. The average molecular weight is 642 g/mol. The molecule has 5 aliphatic rings. The summed E-state index contributed by atoms with van der Waals surface area (Å²) < 4.78 is 0. The van der Waals surface area contributed by atoms with E-state index < -0.39 is 97.4 Å². The van der Waals surface area contributed by atoms with Crippen LogP contribution in [0, 0.1) is 45.8 Å². The summed E-state index contributed by atoms with van der Waals surface area (Å²) in [6, 6.07) is 0. The molecule has 0 bridgehead atoms. The van der Waals surface area contributed by atoms with Gasteiger partial charge in [-0.05, 0) is 63.4 Å². The zero-order valence-electron chi connectivity index (χ0n) is 26.0. The van der Waals surface area contributed by atoms with E-state index >= 15 is 4.79 Å². The van der Waals surface area contributed by atoms with E-state index in [1.165, 1.54) is 18.2 Å². The van der Waals surface area contributed by atoms with Crippen LogP contribution in [0.4, 0.5) is 0 Å². The molecule has 0 aromatic carbocycles. The Balaban J connectivity index is 1.74. The summed E-state index contributed by atoms with van der Waals surface area (Å²) >= 11 is 6.47. The van der Waals surface area contributed by atoms with Crippen LogP contribution in [0.25, 0.3) is 0 Å². The van der Waals surface area contributed by atoms with Crippen LogP contribution in [0.1, 0.15) is 79.1 Å². The van der Waals surface area contributed by atoms with Gasteiger partial charge in [-0.1, -0.05) is 69.4 Å². The minimum Gasteiger partial charge on any atom is -0.481 e. The Morgan fingerprint density at radius 3 is 2.29 bits per heavy atom. The Kier molecular flexibility index (Phi) is 8.27. The zero-order chi connectivity index (χ0) is 33.3. The van der Waals surface area contributed by atoms with Crippen LogP contribution in [0.3, 0.4) is 0 Å². The zero-order valence-corrected chi connectivity index (χ0v) is 26.7. The van der Waals surface area contributed by atoms with E-state index in [1.807, 2.05) is 6.92 Å². The summed E-state index contributed by atoms with van der Waals surface area (Å²) in [6.45, 7) is 6.89. The molecule has 5 rings (SSSR count). The number of carbonyl (C=O) groups is 7. The first-order chi connectivity index (χ1) is 21.2. The van der Waals surface area contributed by atoms with E-state index in [2.05, 4.69) is 5.32 Å². The smallest absolute Gasteiger partial charge is 0.306 e. The number of hydrogen-bond acceptors (Lipinski definition) is 8. The number of piperidine rings is 1. The highest BCUT2D eigenvalue weighted by atomic mass is 35.5. The summed E-state index contributed by atoms with van der Waals surface area (Å²) in [7, 11) is 0. The Bertz CT molecular complexity index is 1510. The van der Waals surface area contributed by atoms with Crippen LogP contribution >= 0.6 is 11.6 Å². The van der Waals surface area contributed by atoms with Crippen LogP contribution in [-0.4, -0.2) is 56.7 Å². The highest BCUT2D eigenvalue weighted by Gasteiger charge is 3.05. The second kappa shape index (κ2) is 11.2. The van der Waals surface area contributed by atoms with Crippen molar-refractivity contribution in [3.8, 4) is 0 Å².